The number of rotatable bonds is 9. The molecule has 0 saturated carbocycles. The third kappa shape index (κ3) is 6.63. The normalized spacial score (nSPS) is 12.7. The Morgan fingerprint density at radius 2 is 1.63 bits per heavy atom. The summed E-state index contributed by atoms with van der Waals surface area (Å²) in [5.74, 6) is 0.960. The molecule has 1 atom stereocenters. The quantitative estimate of drug-likeness (QED) is 0.716. The average Bonchev–Trinajstić information content (AvgIpc) is 2.39. The predicted octanol–water partition coefficient (Wildman–Crippen LogP) is 4.32. The lowest BCUT2D eigenvalue weighted by Gasteiger charge is -2.23. The standard InChI is InChI=1S/C17H29NO/c1-5-7-16(8-6-2)18-15(4)13-19-17-11-9-14(3)10-12-17/h9-12,15-16,18H,5-8,13H2,1-4H3. The van der Waals surface area contributed by atoms with E-state index in [4.69, 9.17) is 4.74 Å². The van der Waals surface area contributed by atoms with Crippen molar-refractivity contribution in [1.82, 2.24) is 5.32 Å². The third-order valence-corrected chi connectivity index (χ3v) is 3.32. The molecule has 0 spiro atoms. The molecule has 19 heavy (non-hydrogen) atoms. The first kappa shape index (κ1) is 16.0. The molecule has 0 aromatic heterocycles. The van der Waals surface area contributed by atoms with Gasteiger partial charge in [0.05, 0.1) is 0 Å². The monoisotopic (exact) mass is 263 g/mol. The molecule has 2 nitrogen and oxygen atoms in total. The molecule has 0 fully saturated rings. The van der Waals surface area contributed by atoms with Gasteiger partial charge in [-0.15, -0.1) is 0 Å². The summed E-state index contributed by atoms with van der Waals surface area (Å²) in [4.78, 5) is 0. The maximum atomic E-state index is 5.82. The number of benzene rings is 1. The fourth-order valence-corrected chi connectivity index (χ4v) is 2.31. The number of hydrogen-bond acceptors (Lipinski definition) is 2. The molecule has 1 rings (SSSR count). The second-order valence-corrected chi connectivity index (χ2v) is 5.47. The van der Waals surface area contributed by atoms with Gasteiger partial charge in [-0.05, 0) is 38.8 Å². The van der Waals surface area contributed by atoms with Gasteiger partial charge in [-0.2, -0.15) is 0 Å². The molecule has 1 aromatic rings. The molecule has 1 unspecified atom stereocenters. The van der Waals surface area contributed by atoms with E-state index in [0.29, 0.717) is 12.1 Å². The fourth-order valence-electron chi connectivity index (χ4n) is 2.31. The number of ether oxygens (including phenoxy) is 1. The maximum Gasteiger partial charge on any atom is 0.119 e. The predicted molar refractivity (Wildman–Crippen MR) is 82.9 cm³/mol. The highest BCUT2D eigenvalue weighted by Crippen LogP contribution is 2.12. The van der Waals surface area contributed by atoms with E-state index in [1.165, 1.54) is 31.2 Å². The van der Waals surface area contributed by atoms with E-state index in [-0.39, 0.29) is 0 Å². The molecule has 0 bridgehead atoms. The van der Waals surface area contributed by atoms with Gasteiger partial charge in [0.15, 0.2) is 0 Å². The molecule has 0 amide bonds. The summed E-state index contributed by atoms with van der Waals surface area (Å²) in [7, 11) is 0. The van der Waals surface area contributed by atoms with Gasteiger partial charge in [-0.25, -0.2) is 0 Å². The highest BCUT2D eigenvalue weighted by atomic mass is 16.5. The highest BCUT2D eigenvalue weighted by molar-refractivity contribution is 5.26. The van der Waals surface area contributed by atoms with Gasteiger partial charge >= 0.3 is 0 Å². The smallest absolute Gasteiger partial charge is 0.119 e. The molecule has 1 aromatic carbocycles. The van der Waals surface area contributed by atoms with Crippen LogP contribution in [0.4, 0.5) is 0 Å². The molecule has 0 radical (unpaired) electrons. The van der Waals surface area contributed by atoms with Crippen LogP contribution in [0.1, 0.15) is 52.0 Å². The molecular formula is C17H29NO. The van der Waals surface area contributed by atoms with Crippen molar-refractivity contribution in [2.75, 3.05) is 6.61 Å². The van der Waals surface area contributed by atoms with E-state index < -0.39 is 0 Å². The molecule has 0 aliphatic rings. The Morgan fingerprint density at radius 3 is 2.16 bits per heavy atom. The summed E-state index contributed by atoms with van der Waals surface area (Å²) < 4.78 is 5.82. The van der Waals surface area contributed by atoms with Gasteiger partial charge in [0, 0.05) is 12.1 Å². The lowest BCUT2D eigenvalue weighted by atomic mass is 10.1. The average molecular weight is 263 g/mol. The van der Waals surface area contributed by atoms with E-state index in [2.05, 4.69) is 45.1 Å². The van der Waals surface area contributed by atoms with Crippen molar-refractivity contribution in [1.29, 1.82) is 0 Å². The zero-order valence-electron chi connectivity index (χ0n) is 12.9. The van der Waals surface area contributed by atoms with Gasteiger partial charge in [0.1, 0.15) is 12.4 Å². The van der Waals surface area contributed by atoms with Crippen molar-refractivity contribution in [3.05, 3.63) is 29.8 Å². The van der Waals surface area contributed by atoms with Crippen LogP contribution in [-0.2, 0) is 0 Å². The van der Waals surface area contributed by atoms with Gasteiger partial charge in [-0.3, -0.25) is 0 Å². The van der Waals surface area contributed by atoms with Crippen molar-refractivity contribution >= 4 is 0 Å². The molecule has 0 aliphatic carbocycles. The number of aryl methyl sites for hydroxylation is 1. The van der Waals surface area contributed by atoms with Crippen LogP contribution < -0.4 is 10.1 Å². The van der Waals surface area contributed by atoms with Crippen molar-refractivity contribution in [2.45, 2.75) is 65.5 Å². The molecular weight excluding hydrogens is 234 g/mol. The lowest BCUT2D eigenvalue weighted by molar-refractivity contribution is 0.254. The van der Waals surface area contributed by atoms with Gasteiger partial charge < -0.3 is 10.1 Å². The SMILES string of the molecule is CCCC(CCC)NC(C)COc1ccc(C)cc1. The molecule has 0 heterocycles. The second kappa shape index (κ2) is 8.98. The van der Waals surface area contributed by atoms with Crippen LogP contribution in [0, 0.1) is 6.92 Å². The number of hydrogen-bond donors (Lipinski definition) is 1. The van der Waals surface area contributed by atoms with Crippen molar-refractivity contribution < 1.29 is 4.74 Å². The van der Waals surface area contributed by atoms with E-state index in [9.17, 15) is 0 Å². The summed E-state index contributed by atoms with van der Waals surface area (Å²) in [5.41, 5.74) is 1.27. The molecule has 1 N–H and O–H groups in total. The summed E-state index contributed by atoms with van der Waals surface area (Å²) >= 11 is 0. The minimum atomic E-state index is 0.393. The first-order valence-corrected chi connectivity index (χ1v) is 7.61. The van der Waals surface area contributed by atoms with Crippen LogP contribution in [0.2, 0.25) is 0 Å². The summed E-state index contributed by atoms with van der Waals surface area (Å²) in [6.45, 7) is 9.52. The van der Waals surface area contributed by atoms with Gasteiger partial charge in [-0.1, -0.05) is 44.4 Å². The van der Waals surface area contributed by atoms with Gasteiger partial charge in [0.2, 0.25) is 0 Å². The number of nitrogens with one attached hydrogen (secondary N) is 1. The maximum absolute atomic E-state index is 5.82. The van der Waals surface area contributed by atoms with Crippen molar-refractivity contribution in [3.8, 4) is 5.75 Å². The Kier molecular flexibility index (Phi) is 7.57. The van der Waals surface area contributed by atoms with Crippen LogP contribution in [0.3, 0.4) is 0 Å². The Bertz CT molecular complexity index is 328. The Hall–Kier alpha value is -1.02. The summed E-state index contributed by atoms with van der Waals surface area (Å²) in [6.07, 6.45) is 4.98. The van der Waals surface area contributed by atoms with Crippen LogP contribution in [0.25, 0.3) is 0 Å². The van der Waals surface area contributed by atoms with E-state index in [1.807, 2.05) is 12.1 Å². The van der Waals surface area contributed by atoms with E-state index in [1.54, 1.807) is 0 Å². The molecule has 0 aliphatic heterocycles. The Balaban J connectivity index is 2.33. The van der Waals surface area contributed by atoms with E-state index >= 15 is 0 Å². The zero-order valence-corrected chi connectivity index (χ0v) is 12.9. The third-order valence-electron chi connectivity index (χ3n) is 3.32. The minimum absolute atomic E-state index is 0.393. The van der Waals surface area contributed by atoms with Gasteiger partial charge in [0.25, 0.3) is 0 Å². The minimum Gasteiger partial charge on any atom is -0.492 e. The lowest BCUT2D eigenvalue weighted by Crippen LogP contribution is -2.39. The largest absolute Gasteiger partial charge is 0.492 e. The fraction of sp³-hybridized carbons (Fsp3) is 0.647. The zero-order chi connectivity index (χ0) is 14.1. The highest BCUT2D eigenvalue weighted by Gasteiger charge is 2.10. The molecule has 2 heteroatoms. The molecule has 108 valence electrons. The van der Waals surface area contributed by atoms with Crippen molar-refractivity contribution in [3.63, 3.8) is 0 Å². The van der Waals surface area contributed by atoms with Crippen LogP contribution in [-0.4, -0.2) is 18.7 Å². The van der Waals surface area contributed by atoms with Crippen LogP contribution >= 0.6 is 0 Å². The Morgan fingerprint density at radius 1 is 1.05 bits per heavy atom. The van der Waals surface area contributed by atoms with Crippen LogP contribution in [0.15, 0.2) is 24.3 Å². The first-order chi connectivity index (χ1) is 9.15. The molecule has 0 saturated heterocycles. The van der Waals surface area contributed by atoms with Crippen LogP contribution in [0.5, 0.6) is 5.75 Å². The topological polar surface area (TPSA) is 21.3 Å². The van der Waals surface area contributed by atoms with E-state index in [0.717, 1.165) is 12.4 Å². The van der Waals surface area contributed by atoms with Crippen molar-refractivity contribution in [2.24, 2.45) is 0 Å². The Labute approximate surface area is 118 Å². The summed E-state index contributed by atoms with van der Waals surface area (Å²) in [6, 6.07) is 9.28. The second-order valence-electron chi connectivity index (χ2n) is 5.47. The first-order valence-electron chi connectivity index (χ1n) is 7.61. The summed E-state index contributed by atoms with van der Waals surface area (Å²) in [5, 5.41) is 3.68.